The molecule has 0 saturated heterocycles. The van der Waals surface area contributed by atoms with Gasteiger partial charge in [0.05, 0.1) is 39.2 Å². The van der Waals surface area contributed by atoms with Crippen LogP contribution >= 0.6 is 0 Å². The lowest BCUT2D eigenvalue weighted by molar-refractivity contribution is -0.131. The van der Waals surface area contributed by atoms with Gasteiger partial charge in [-0.05, 0) is 72.3 Å². The Morgan fingerprint density at radius 2 is 1.49 bits per heavy atom. The minimum atomic E-state index is -0.652. The van der Waals surface area contributed by atoms with Crippen molar-refractivity contribution < 1.29 is 28.7 Å². The van der Waals surface area contributed by atoms with Crippen LogP contribution in [0.5, 0.6) is 0 Å². The van der Waals surface area contributed by atoms with Crippen LogP contribution in [0.3, 0.4) is 0 Å². The van der Waals surface area contributed by atoms with Gasteiger partial charge in [-0.1, -0.05) is 50.8 Å². The van der Waals surface area contributed by atoms with E-state index in [-0.39, 0.29) is 31.4 Å². The third-order valence-corrected chi connectivity index (χ3v) is 8.79. The number of nitrogens with zero attached hydrogens (tertiary/aromatic N) is 4. The monoisotopic (exact) mass is 728 g/mol. The SMILES string of the molecule is C=C(CN(CCC)C(=O)CNC(=O)OC)N/C(=C\C)c1ccc2c(c1)CN(C)Cc1cc(-c3cnc(CN(CCC)C(=O)CNC(=O)OC)[nH]3)ccc1-2. The molecule has 0 bridgehead atoms. The van der Waals surface area contributed by atoms with Gasteiger partial charge in [-0.2, -0.15) is 0 Å². The zero-order chi connectivity index (χ0) is 38.5. The van der Waals surface area contributed by atoms with Crippen LogP contribution in [-0.2, 0) is 38.7 Å². The number of rotatable bonds is 16. The maximum absolute atomic E-state index is 12.8. The van der Waals surface area contributed by atoms with Crippen molar-refractivity contribution in [3.8, 4) is 22.4 Å². The van der Waals surface area contributed by atoms with Gasteiger partial charge in [-0.25, -0.2) is 14.6 Å². The smallest absolute Gasteiger partial charge is 0.407 e. The Balaban J connectivity index is 1.49. The van der Waals surface area contributed by atoms with E-state index in [0.717, 1.165) is 59.6 Å². The molecule has 4 rings (SSSR count). The fraction of sp³-hybridized carbons (Fsp3) is 0.410. The molecule has 0 fully saturated rings. The lowest BCUT2D eigenvalue weighted by atomic mass is 9.93. The molecule has 1 aliphatic heterocycles. The number of alkyl carbamates (subject to hydrolysis) is 2. The number of hydrogen-bond donors (Lipinski definition) is 4. The number of hydrogen-bond acceptors (Lipinski definition) is 9. The van der Waals surface area contributed by atoms with Crippen LogP contribution < -0.4 is 16.0 Å². The lowest BCUT2D eigenvalue weighted by Crippen LogP contribution is -2.42. The number of nitrogens with one attached hydrogen (secondary N) is 4. The molecule has 0 atom stereocenters. The van der Waals surface area contributed by atoms with Gasteiger partial charge in [0.15, 0.2) is 0 Å². The first-order valence-corrected chi connectivity index (χ1v) is 17.8. The first kappa shape index (κ1) is 40.1. The fourth-order valence-corrected chi connectivity index (χ4v) is 6.28. The van der Waals surface area contributed by atoms with Gasteiger partial charge in [0, 0.05) is 37.6 Å². The Bertz CT molecular complexity index is 1820. The summed E-state index contributed by atoms with van der Waals surface area (Å²) in [5.41, 5.74) is 9.07. The van der Waals surface area contributed by atoms with Gasteiger partial charge in [-0.15, -0.1) is 0 Å². The van der Waals surface area contributed by atoms with Crippen LogP contribution in [0, 0.1) is 0 Å². The van der Waals surface area contributed by atoms with Crippen molar-refractivity contribution in [3.05, 3.63) is 83.5 Å². The molecule has 0 aliphatic carbocycles. The predicted octanol–water partition coefficient (Wildman–Crippen LogP) is 4.84. The number of methoxy groups -OCH3 is 2. The molecule has 284 valence electrons. The minimum Gasteiger partial charge on any atom is -0.453 e. The molecule has 2 heterocycles. The summed E-state index contributed by atoms with van der Waals surface area (Å²) in [6.45, 7) is 13.0. The van der Waals surface area contributed by atoms with E-state index >= 15 is 0 Å². The summed E-state index contributed by atoms with van der Waals surface area (Å²) >= 11 is 0. The molecule has 4 amide bonds. The van der Waals surface area contributed by atoms with E-state index in [1.165, 1.54) is 25.3 Å². The van der Waals surface area contributed by atoms with Crippen molar-refractivity contribution >= 4 is 29.7 Å². The van der Waals surface area contributed by atoms with E-state index in [1.54, 1.807) is 16.0 Å². The molecule has 14 heteroatoms. The molecule has 14 nitrogen and oxygen atoms in total. The van der Waals surface area contributed by atoms with Gasteiger partial charge in [0.1, 0.15) is 18.9 Å². The van der Waals surface area contributed by atoms with Gasteiger partial charge in [0.2, 0.25) is 11.8 Å². The second-order valence-electron chi connectivity index (χ2n) is 12.9. The molecule has 3 aromatic rings. The van der Waals surface area contributed by atoms with E-state index in [2.05, 4.69) is 90.3 Å². The third kappa shape index (κ3) is 10.9. The van der Waals surface area contributed by atoms with Crippen LogP contribution in [0.2, 0.25) is 0 Å². The fourth-order valence-electron chi connectivity index (χ4n) is 6.28. The number of fused-ring (bicyclic) bond motifs is 3. The minimum absolute atomic E-state index is 0.150. The van der Waals surface area contributed by atoms with Crippen LogP contribution in [0.25, 0.3) is 28.1 Å². The summed E-state index contributed by atoms with van der Waals surface area (Å²) in [5.74, 6) is 0.215. The molecule has 0 spiro atoms. The number of H-pyrrole nitrogens is 1. The summed E-state index contributed by atoms with van der Waals surface area (Å²) in [4.78, 5) is 62.1. The maximum atomic E-state index is 12.8. The molecule has 53 heavy (non-hydrogen) atoms. The van der Waals surface area contributed by atoms with Gasteiger partial charge in [-0.3, -0.25) is 14.5 Å². The summed E-state index contributed by atoms with van der Waals surface area (Å²) < 4.78 is 9.17. The molecule has 1 aromatic heterocycles. The van der Waals surface area contributed by atoms with E-state index in [1.807, 2.05) is 26.8 Å². The topological polar surface area (TPSA) is 161 Å². The zero-order valence-electron chi connectivity index (χ0n) is 31.6. The Labute approximate surface area is 311 Å². The molecule has 0 unspecified atom stereocenters. The van der Waals surface area contributed by atoms with Gasteiger partial charge < -0.3 is 40.2 Å². The summed E-state index contributed by atoms with van der Waals surface area (Å²) in [5, 5.41) is 8.32. The van der Waals surface area contributed by atoms with Crippen molar-refractivity contribution in [3.63, 3.8) is 0 Å². The van der Waals surface area contributed by atoms with Crippen LogP contribution in [0.1, 0.15) is 56.1 Å². The highest BCUT2D eigenvalue weighted by Crippen LogP contribution is 2.36. The standard InChI is InChI=1S/C39H52N8O6/c1-8-15-46(36(48)20-41-38(50)52-6)22-26(4)43-33(10-3)27-11-13-31-29(17-27)23-45(5)24-30-18-28(12-14-32(30)31)34-19-40-35(44-34)25-47(16-9-2)37(49)21-42-39(51)53-7/h10-14,17-19,43H,4,8-9,15-16,20-25H2,1-3,5-7H3,(H,40,44)(H,41,50)(H,42,51)/b33-10-. The van der Waals surface area contributed by atoms with Crippen molar-refractivity contribution in [1.82, 2.24) is 40.6 Å². The number of imidazole rings is 1. The Hall–Kier alpha value is -5.63. The van der Waals surface area contributed by atoms with Gasteiger partial charge >= 0.3 is 12.2 Å². The van der Waals surface area contributed by atoms with Gasteiger partial charge in [0.25, 0.3) is 0 Å². The predicted molar refractivity (Wildman–Crippen MR) is 204 cm³/mol. The second kappa shape index (κ2) is 19.3. The van der Waals surface area contributed by atoms with Crippen LogP contribution in [0.4, 0.5) is 9.59 Å². The molecular weight excluding hydrogens is 676 g/mol. The van der Waals surface area contributed by atoms with Crippen molar-refractivity contribution in [2.45, 2.75) is 53.2 Å². The molecular formula is C39H52N8O6. The van der Waals surface area contributed by atoms with E-state index in [0.29, 0.717) is 31.2 Å². The normalized spacial score (nSPS) is 12.5. The average molecular weight is 729 g/mol. The number of carbonyl (C=O) groups is 4. The molecule has 1 aliphatic rings. The summed E-state index contributed by atoms with van der Waals surface area (Å²) in [6, 6.07) is 12.9. The number of aromatic nitrogens is 2. The second-order valence-corrected chi connectivity index (χ2v) is 12.9. The Kier molecular flexibility index (Phi) is 14.6. The van der Waals surface area contributed by atoms with Crippen molar-refractivity contribution in [1.29, 1.82) is 0 Å². The van der Waals surface area contributed by atoms with Crippen LogP contribution in [-0.4, -0.2) is 103 Å². The van der Waals surface area contributed by atoms with E-state index in [4.69, 9.17) is 0 Å². The Morgan fingerprint density at radius 1 is 0.906 bits per heavy atom. The molecule has 2 aromatic carbocycles. The summed E-state index contributed by atoms with van der Waals surface area (Å²) in [7, 11) is 4.62. The number of aromatic amines is 1. The quantitative estimate of drug-likeness (QED) is 0.162. The highest BCUT2D eigenvalue weighted by Gasteiger charge is 2.21. The highest BCUT2D eigenvalue weighted by molar-refractivity contribution is 5.83. The third-order valence-electron chi connectivity index (χ3n) is 8.79. The van der Waals surface area contributed by atoms with E-state index < -0.39 is 12.2 Å². The van der Waals surface area contributed by atoms with Crippen molar-refractivity contribution in [2.75, 3.05) is 54.0 Å². The summed E-state index contributed by atoms with van der Waals surface area (Å²) in [6.07, 6.45) is 4.00. The van der Waals surface area contributed by atoms with Crippen molar-refractivity contribution in [2.24, 2.45) is 0 Å². The maximum Gasteiger partial charge on any atom is 0.407 e. The first-order valence-electron chi connectivity index (χ1n) is 17.8. The first-order chi connectivity index (χ1) is 25.5. The average Bonchev–Trinajstić information content (AvgIpc) is 3.57. The zero-order valence-corrected chi connectivity index (χ0v) is 31.6. The van der Waals surface area contributed by atoms with E-state index in [9.17, 15) is 19.2 Å². The molecule has 0 saturated carbocycles. The number of carbonyl (C=O) groups excluding carboxylic acids is 4. The molecule has 4 N–H and O–H groups in total. The lowest BCUT2D eigenvalue weighted by Gasteiger charge is -2.25. The number of allylic oxidation sites excluding steroid dienone is 1. The highest BCUT2D eigenvalue weighted by atomic mass is 16.5. The number of ether oxygens (including phenoxy) is 2. The Morgan fingerprint density at radius 3 is 2.09 bits per heavy atom. The number of amides is 4. The largest absolute Gasteiger partial charge is 0.453 e. The number of benzene rings is 2. The molecule has 0 radical (unpaired) electrons. The van der Waals surface area contributed by atoms with Crippen LogP contribution in [0.15, 0.2) is 60.9 Å².